The molecule has 1 saturated carbocycles. The second-order valence-electron chi connectivity index (χ2n) is 4.04. The van der Waals surface area contributed by atoms with Gasteiger partial charge in [0.05, 0.1) is 6.42 Å². The standard InChI is InChI=1S/C12H15NOS/c14-12(13-10-2-1-3-10)8-9-4-6-11(15)7-5-9/h4-7,10,15H,1-3,8H2,(H,13,14). The van der Waals surface area contributed by atoms with E-state index in [1.807, 2.05) is 24.3 Å². The SMILES string of the molecule is O=C(Cc1ccc(S)cc1)NC1CCC1. The molecule has 0 radical (unpaired) electrons. The van der Waals surface area contributed by atoms with E-state index in [1.54, 1.807) is 0 Å². The summed E-state index contributed by atoms with van der Waals surface area (Å²) in [7, 11) is 0. The molecule has 0 heterocycles. The quantitative estimate of drug-likeness (QED) is 0.753. The number of hydrogen-bond acceptors (Lipinski definition) is 2. The minimum absolute atomic E-state index is 0.131. The molecule has 0 spiro atoms. The summed E-state index contributed by atoms with van der Waals surface area (Å²) in [5.41, 5.74) is 1.05. The summed E-state index contributed by atoms with van der Waals surface area (Å²) in [4.78, 5) is 12.5. The lowest BCUT2D eigenvalue weighted by atomic mass is 9.93. The Morgan fingerprint density at radius 2 is 2.00 bits per heavy atom. The van der Waals surface area contributed by atoms with Gasteiger partial charge in [-0.05, 0) is 37.0 Å². The molecule has 1 aliphatic carbocycles. The molecule has 15 heavy (non-hydrogen) atoms. The normalized spacial score (nSPS) is 15.8. The van der Waals surface area contributed by atoms with E-state index in [4.69, 9.17) is 0 Å². The Balaban J connectivity index is 1.84. The van der Waals surface area contributed by atoms with E-state index in [2.05, 4.69) is 17.9 Å². The molecule has 3 heteroatoms. The largest absolute Gasteiger partial charge is 0.353 e. The van der Waals surface area contributed by atoms with Crippen LogP contribution in [0.1, 0.15) is 24.8 Å². The highest BCUT2D eigenvalue weighted by atomic mass is 32.1. The van der Waals surface area contributed by atoms with Crippen LogP contribution in [-0.4, -0.2) is 11.9 Å². The van der Waals surface area contributed by atoms with E-state index in [-0.39, 0.29) is 5.91 Å². The van der Waals surface area contributed by atoms with E-state index >= 15 is 0 Å². The lowest BCUT2D eigenvalue weighted by molar-refractivity contribution is -0.121. The van der Waals surface area contributed by atoms with Crippen molar-refractivity contribution in [2.45, 2.75) is 36.6 Å². The van der Waals surface area contributed by atoms with Gasteiger partial charge in [0, 0.05) is 10.9 Å². The highest BCUT2D eigenvalue weighted by Gasteiger charge is 2.19. The predicted molar refractivity (Wildman–Crippen MR) is 63.2 cm³/mol. The first-order valence-electron chi connectivity index (χ1n) is 5.31. The Bertz CT molecular complexity index is 343. The summed E-state index contributed by atoms with van der Waals surface area (Å²) in [6, 6.07) is 8.15. The van der Waals surface area contributed by atoms with Crippen molar-refractivity contribution in [3.05, 3.63) is 29.8 Å². The van der Waals surface area contributed by atoms with E-state index in [9.17, 15) is 4.79 Å². The second-order valence-corrected chi connectivity index (χ2v) is 4.55. The Kier molecular flexibility index (Phi) is 3.31. The number of benzene rings is 1. The summed E-state index contributed by atoms with van der Waals surface area (Å²) in [6.45, 7) is 0. The molecule has 2 rings (SSSR count). The topological polar surface area (TPSA) is 29.1 Å². The van der Waals surface area contributed by atoms with Crippen LogP contribution in [0.3, 0.4) is 0 Å². The van der Waals surface area contributed by atoms with Gasteiger partial charge in [0.15, 0.2) is 0 Å². The third-order valence-corrected chi connectivity index (χ3v) is 3.07. The highest BCUT2D eigenvalue weighted by Crippen LogP contribution is 2.18. The molecule has 0 aliphatic heterocycles. The van der Waals surface area contributed by atoms with Crippen LogP contribution >= 0.6 is 12.6 Å². The van der Waals surface area contributed by atoms with Crippen molar-refractivity contribution in [1.29, 1.82) is 0 Å². The van der Waals surface area contributed by atoms with Crippen LogP contribution in [0.5, 0.6) is 0 Å². The van der Waals surface area contributed by atoms with Crippen molar-refractivity contribution in [2.75, 3.05) is 0 Å². The molecular formula is C12H15NOS. The molecule has 1 fully saturated rings. The Hall–Kier alpha value is -0.960. The fraction of sp³-hybridized carbons (Fsp3) is 0.417. The van der Waals surface area contributed by atoms with Crippen LogP contribution in [0.4, 0.5) is 0 Å². The maximum atomic E-state index is 11.6. The van der Waals surface area contributed by atoms with Gasteiger partial charge in [0.25, 0.3) is 0 Å². The molecule has 1 amide bonds. The van der Waals surface area contributed by atoms with Crippen molar-refractivity contribution in [2.24, 2.45) is 0 Å². The maximum Gasteiger partial charge on any atom is 0.224 e. The molecular weight excluding hydrogens is 206 g/mol. The Labute approximate surface area is 95.5 Å². The van der Waals surface area contributed by atoms with Crippen molar-refractivity contribution in [1.82, 2.24) is 5.32 Å². The van der Waals surface area contributed by atoms with Gasteiger partial charge >= 0.3 is 0 Å². The number of carbonyl (C=O) groups excluding carboxylic acids is 1. The average Bonchev–Trinajstić information content (AvgIpc) is 2.16. The number of nitrogens with one attached hydrogen (secondary N) is 1. The van der Waals surface area contributed by atoms with Gasteiger partial charge in [-0.25, -0.2) is 0 Å². The van der Waals surface area contributed by atoms with Gasteiger partial charge in [-0.15, -0.1) is 12.6 Å². The molecule has 0 saturated heterocycles. The van der Waals surface area contributed by atoms with Gasteiger partial charge in [0.2, 0.25) is 5.91 Å². The van der Waals surface area contributed by atoms with Gasteiger partial charge in [-0.2, -0.15) is 0 Å². The molecule has 0 aromatic heterocycles. The molecule has 0 bridgehead atoms. The van der Waals surface area contributed by atoms with Crippen molar-refractivity contribution < 1.29 is 4.79 Å². The maximum absolute atomic E-state index is 11.6. The van der Waals surface area contributed by atoms with E-state index in [1.165, 1.54) is 6.42 Å². The molecule has 1 aliphatic rings. The first-order valence-corrected chi connectivity index (χ1v) is 5.76. The lowest BCUT2D eigenvalue weighted by Gasteiger charge is -2.26. The summed E-state index contributed by atoms with van der Waals surface area (Å²) >= 11 is 4.20. The molecule has 1 N–H and O–H groups in total. The molecule has 1 aromatic rings. The zero-order valence-corrected chi connectivity index (χ0v) is 9.47. The van der Waals surface area contributed by atoms with E-state index < -0.39 is 0 Å². The van der Waals surface area contributed by atoms with Gasteiger partial charge in [0.1, 0.15) is 0 Å². The zero-order chi connectivity index (χ0) is 10.7. The number of carbonyl (C=O) groups is 1. The zero-order valence-electron chi connectivity index (χ0n) is 8.57. The van der Waals surface area contributed by atoms with Crippen molar-refractivity contribution >= 4 is 18.5 Å². The second kappa shape index (κ2) is 4.71. The average molecular weight is 221 g/mol. The van der Waals surface area contributed by atoms with E-state index in [0.29, 0.717) is 12.5 Å². The van der Waals surface area contributed by atoms with Crippen LogP contribution in [0.2, 0.25) is 0 Å². The number of rotatable bonds is 3. The summed E-state index contributed by atoms with van der Waals surface area (Å²) < 4.78 is 0. The smallest absolute Gasteiger partial charge is 0.224 e. The minimum Gasteiger partial charge on any atom is -0.353 e. The van der Waals surface area contributed by atoms with Gasteiger partial charge in [-0.3, -0.25) is 4.79 Å². The third-order valence-electron chi connectivity index (χ3n) is 2.77. The van der Waals surface area contributed by atoms with Crippen molar-refractivity contribution in [3.63, 3.8) is 0 Å². The van der Waals surface area contributed by atoms with Crippen LogP contribution < -0.4 is 5.32 Å². The minimum atomic E-state index is 0.131. The number of thiol groups is 1. The fourth-order valence-electron chi connectivity index (χ4n) is 1.63. The first kappa shape index (κ1) is 10.6. The highest BCUT2D eigenvalue weighted by molar-refractivity contribution is 7.80. The molecule has 2 nitrogen and oxygen atoms in total. The molecule has 0 atom stereocenters. The van der Waals surface area contributed by atoms with Gasteiger partial charge in [-0.1, -0.05) is 12.1 Å². The summed E-state index contributed by atoms with van der Waals surface area (Å²) in [6.07, 6.45) is 4.01. The first-order chi connectivity index (χ1) is 7.24. The molecule has 0 unspecified atom stereocenters. The summed E-state index contributed by atoms with van der Waals surface area (Å²) in [5, 5.41) is 3.02. The number of amides is 1. The number of hydrogen-bond donors (Lipinski definition) is 2. The lowest BCUT2D eigenvalue weighted by Crippen LogP contribution is -2.40. The van der Waals surface area contributed by atoms with E-state index in [0.717, 1.165) is 23.3 Å². The summed E-state index contributed by atoms with van der Waals surface area (Å²) in [5.74, 6) is 0.131. The fourth-order valence-corrected chi connectivity index (χ4v) is 1.78. The van der Waals surface area contributed by atoms with Crippen LogP contribution in [0.25, 0.3) is 0 Å². The molecule has 1 aromatic carbocycles. The Morgan fingerprint density at radius 3 is 2.53 bits per heavy atom. The van der Waals surface area contributed by atoms with Crippen LogP contribution in [-0.2, 0) is 11.2 Å². The van der Waals surface area contributed by atoms with Gasteiger partial charge < -0.3 is 5.32 Å². The monoisotopic (exact) mass is 221 g/mol. The molecule has 80 valence electrons. The Morgan fingerprint density at radius 1 is 1.33 bits per heavy atom. The van der Waals surface area contributed by atoms with Crippen LogP contribution in [0.15, 0.2) is 29.2 Å². The predicted octanol–water partition coefficient (Wildman–Crippen LogP) is 2.19. The van der Waals surface area contributed by atoms with Crippen LogP contribution in [0, 0.1) is 0 Å². The van der Waals surface area contributed by atoms with Crippen molar-refractivity contribution in [3.8, 4) is 0 Å². The third kappa shape index (κ3) is 2.99.